The summed E-state index contributed by atoms with van der Waals surface area (Å²) in [5.74, 6) is -0.852. The highest BCUT2D eigenvalue weighted by molar-refractivity contribution is 9.10. The van der Waals surface area contributed by atoms with Crippen molar-refractivity contribution in [1.29, 1.82) is 0 Å². The zero-order chi connectivity index (χ0) is 30.3. The monoisotopic (exact) mass is 730 g/mol. The smallest absolute Gasteiger partial charge is 0.243 e. The Bertz CT molecular complexity index is 1360. The molecule has 0 aliphatic carbocycles. The van der Waals surface area contributed by atoms with E-state index in [1.165, 1.54) is 11.0 Å². The van der Waals surface area contributed by atoms with Crippen LogP contribution in [0.15, 0.2) is 51.4 Å². The predicted molar refractivity (Wildman–Crippen MR) is 165 cm³/mol. The highest BCUT2D eigenvalue weighted by Gasteiger charge is 2.42. The van der Waals surface area contributed by atoms with Gasteiger partial charge in [-0.1, -0.05) is 50.1 Å². The fraction of sp³-hybridized carbons (Fsp3) is 0.517. The summed E-state index contributed by atoms with van der Waals surface area (Å²) in [5.41, 5.74) is 1.24. The third-order valence-electron chi connectivity index (χ3n) is 7.67. The Balaban J connectivity index is 1.50. The molecule has 2 aliphatic rings. The van der Waals surface area contributed by atoms with Crippen LogP contribution in [-0.4, -0.2) is 69.2 Å². The van der Waals surface area contributed by atoms with E-state index in [0.29, 0.717) is 28.8 Å². The van der Waals surface area contributed by atoms with Gasteiger partial charge in [-0.3, -0.25) is 9.59 Å². The first kappa shape index (κ1) is 33.0. The fourth-order valence-corrected chi connectivity index (χ4v) is 6.99. The van der Waals surface area contributed by atoms with Crippen molar-refractivity contribution in [3.63, 3.8) is 0 Å². The molecule has 2 fully saturated rings. The summed E-state index contributed by atoms with van der Waals surface area (Å²) < 4.78 is 48.9. The van der Waals surface area contributed by atoms with Crippen LogP contribution in [0.1, 0.15) is 43.2 Å². The molecule has 2 saturated heterocycles. The van der Waals surface area contributed by atoms with Crippen molar-refractivity contribution in [2.24, 2.45) is 5.92 Å². The molecule has 3 N–H and O–H groups in total. The summed E-state index contributed by atoms with van der Waals surface area (Å²) in [4.78, 5) is 28.8. The molecule has 2 aromatic carbocycles. The Morgan fingerprint density at radius 1 is 1.14 bits per heavy atom. The van der Waals surface area contributed by atoms with E-state index in [1.54, 1.807) is 12.1 Å². The molecule has 2 aromatic rings. The lowest BCUT2D eigenvalue weighted by Gasteiger charge is -2.30. The van der Waals surface area contributed by atoms with Gasteiger partial charge >= 0.3 is 0 Å². The molecule has 4 rings (SSSR count). The molecule has 3 atom stereocenters. The minimum atomic E-state index is -3.70. The third kappa shape index (κ3) is 9.81. The van der Waals surface area contributed by atoms with Gasteiger partial charge in [0.1, 0.15) is 17.9 Å². The Morgan fingerprint density at radius 2 is 1.88 bits per heavy atom. The highest BCUT2D eigenvalue weighted by Crippen LogP contribution is 2.26. The van der Waals surface area contributed by atoms with Crippen LogP contribution in [0.5, 0.6) is 0 Å². The van der Waals surface area contributed by atoms with Crippen molar-refractivity contribution < 1.29 is 27.1 Å². The van der Waals surface area contributed by atoms with Gasteiger partial charge in [-0.25, -0.2) is 17.5 Å². The molecule has 42 heavy (non-hydrogen) atoms. The van der Waals surface area contributed by atoms with E-state index in [2.05, 4.69) is 47.2 Å². The van der Waals surface area contributed by atoms with E-state index in [9.17, 15) is 22.4 Å². The van der Waals surface area contributed by atoms with Crippen LogP contribution < -0.4 is 15.4 Å². The van der Waals surface area contributed by atoms with Crippen LogP contribution in [0.2, 0.25) is 0 Å². The van der Waals surface area contributed by atoms with Crippen LogP contribution in [-0.2, 0) is 37.5 Å². The number of likely N-dealkylation sites (tertiary alicyclic amines) is 1. The van der Waals surface area contributed by atoms with Gasteiger partial charge in [-0.05, 0) is 74.5 Å². The van der Waals surface area contributed by atoms with E-state index in [4.69, 9.17) is 4.74 Å². The van der Waals surface area contributed by atoms with Crippen LogP contribution in [0.25, 0.3) is 0 Å². The number of rotatable bonds is 12. The van der Waals surface area contributed by atoms with Crippen molar-refractivity contribution in [3.8, 4) is 0 Å². The van der Waals surface area contributed by atoms with E-state index >= 15 is 0 Å². The molecule has 9 nitrogen and oxygen atoms in total. The van der Waals surface area contributed by atoms with Crippen molar-refractivity contribution >= 4 is 53.7 Å². The molecule has 13 heteroatoms. The molecule has 2 amide bonds. The average molecular weight is 733 g/mol. The van der Waals surface area contributed by atoms with Gasteiger partial charge in [0.2, 0.25) is 21.8 Å². The molecule has 0 bridgehead atoms. The minimum Gasteiger partial charge on any atom is -0.371 e. The summed E-state index contributed by atoms with van der Waals surface area (Å²) in [6, 6.07) is 10.3. The molecule has 0 saturated carbocycles. The summed E-state index contributed by atoms with van der Waals surface area (Å²) in [6.07, 6.45) is 3.64. The lowest BCUT2D eigenvalue weighted by molar-refractivity contribution is -0.140. The summed E-state index contributed by atoms with van der Waals surface area (Å²) in [5, 5.41) is 6.23. The number of carbonyl (C=O) groups excluding carboxylic acids is 2. The molecule has 0 aromatic heterocycles. The van der Waals surface area contributed by atoms with Gasteiger partial charge < -0.3 is 20.3 Å². The maximum atomic E-state index is 14.4. The van der Waals surface area contributed by atoms with Crippen molar-refractivity contribution in [3.05, 3.63) is 68.4 Å². The minimum absolute atomic E-state index is 0.0288. The molecule has 2 heterocycles. The zero-order valence-corrected chi connectivity index (χ0v) is 27.4. The van der Waals surface area contributed by atoms with Gasteiger partial charge in [0.15, 0.2) is 0 Å². The van der Waals surface area contributed by atoms with Crippen LogP contribution >= 0.6 is 31.9 Å². The van der Waals surface area contributed by atoms with Gasteiger partial charge in [-0.15, -0.1) is 0 Å². The number of benzene rings is 2. The third-order valence-corrected chi connectivity index (χ3v) is 9.37. The van der Waals surface area contributed by atoms with Crippen LogP contribution in [0.3, 0.4) is 0 Å². The van der Waals surface area contributed by atoms with E-state index in [-0.39, 0.29) is 32.0 Å². The molecule has 0 radical (unpaired) electrons. The van der Waals surface area contributed by atoms with Crippen LogP contribution in [0.4, 0.5) is 4.39 Å². The van der Waals surface area contributed by atoms with E-state index < -0.39 is 39.9 Å². The van der Waals surface area contributed by atoms with E-state index in [0.717, 1.165) is 42.2 Å². The number of sulfonamides is 1. The number of hydrogen-bond acceptors (Lipinski definition) is 6. The average Bonchev–Trinajstić information content (AvgIpc) is 3.37. The largest absolute Gasteiger partial charge is 0.371 e. The Labute approximate surface area is 263 Å². The Kier molecular flexibility index (Phi) is 11.9. The maximum Gasteiger partial charge on any atom is 0.243 e. The number of halogens is 3. The number of amides is 2. The maximum absolute atomic E-state index is 14.4. The molecule has 230 valence electrons. The van der Waals surface area contributed by atoms with Crippen molar-refractivity contribution in [2.45, 2.75) is 63.4 Å². The first-order valence-electron chi connectivity index (χ1n) is 14.0. The second kappa shape index (κ2) is 15.2. The molecule has 0 spiro atoms. The normalized spacial score (nSPS) is 20.4. The SMILES string of the molecule is CS(=O)(=O)N[C@H](CCC1CCNCC1)C(=O)N1C[C@H](OCc2ccc(Br)cc2F)C[C@H]1C(=O)NCc1cccc(Br)c1. The quantitative estimate of drug-likeness (QED) is 0.306. The number of carbonyl (C=O) groups is 2. The summed E-state index contributed by atoms with van der Waals surface area (Å²) in [6.45, 7) is 2.10. The van der Waals surface area contributed by atoms with Gasteiger partial charge in [0, 0.05) is 34.0 Å². The number of nitrogens with zero attached hydrogens (tertiary/aromatic N) is 1. The van der Waals surface area contributed by atoms with E-state index in [1.807, 2.05) is 24.3 Å². The van der Waals surface area contributed by atoms with Gasteiger partial charge in [-0.2, -0.15) is 0 Å². The first-order valence-corrected chi connectivity index (χ1v) is 17.5. The van der Waals surface area contributed by atoms with Crippen molar-refractivity contribution in [1.82, 2.24) is 20.3 Å². The van der Waals surface area contributed by atoms with Crippen LogP contribution in [0, 0.1) is 11.7 Å². The Hall–Kier alpha value is -1.90. The lowest BCUT2D eigenvalue weighted by atomic mass is 9.91. The predicted octanol–water partition coefficient (Wildman–Crippen LogP) is 3.85. The fourth-order valence-electron chi connectivity index (χ4n) is 5.47. The molecule has 2 aliphatic heterocycles. The second-order valence-corrected chi connectivity index (χ2v) is 14.6. The van der Waals surface area contributed by atoms with Crippen molar-refractivity contribution in [2.75, 3.05) is 25.9 Å². The summed E-state index contributed by atoms with van der Waals surface area (Å²) >= 11 is 6.67. The lowest BCUT2D eigenvalue weighted by Crippen LogP contribution is -2.53. The standard InChI is InChI=1S/C29H37Br2FN4O5S/c1-42(39,40)35-26(8-5-19-9-11-33-12-10-19)29(38)36-17-24(41-18-21-6-7-23(31)14-25(21)32)15-27(36)28(37)34-16-20-3-2-4-22(30)13-20/h2-4,6-7,13-14,19,24,26-27,33,35H,5,8-12,15-18H2,1H3,(H,34,37)/t24-,26-,27+/m1/s1. The number of ether oxygens (including phenoxy) is 1. The number of hydrogen-bond donors (Lipinski definition) is 3. The zero-order valence-electron chi connectivity index (χ0n) is 23.5. The number of nitrogens with one attached hydrogen (secondary N) is 3. The molecular weight excluding hydrogens is 695 g/mol. The molecule has 0 unspecified atom stereocenters. The second-order valence-electron chi connectivity index (χ2n) is 11.0. The summed E-state index contributed by atoms with van der Waals surface area (Å²) in [7, 11) is -3.70. The Morgan fingerprint density at radius 3 is 2.57 bits per heavy atom. The highest BCUT2D eigenvalue weighted by atomic mass is 79.9. The molecular formula is C29H37Br2FN4O5S. The topological polar surface area (TPSA) is 117 Å². The van der Waals surface area contributed by atoms with Gasteiger partial charge in [0.05, 0.1) is 19.0 Å². The number of piperidine rings is 1. The first-order chi connectivity index (χ1) is 20.0. The van der Waals surface area contributed by atoms with Gasteiger partial charge in [0.25, 0.3) is 0 Å².